The molecule has 2 aliphatic heterocycles. The molecule has 0 saturated carbocycles. The lowest BCUT2D eigenvalue weighted by molar-refractivity contribution is -0.133. The van der Waals surface area contributed by atoms with E-state index in [0.717, 1.165) is 76.6 Å². The number of nitrogens with zero attached hydrogens (tertiary/aromatic N) is 5. The van der Waals surface area contributed by atoms with Gasteiger partial charge in [-0.25, -0.2) is 9.98 Å². The summed E-state index contributed by atoms with van der Waals surface area (Å²) in [5.41, 5.74) is 1.06. The number of hydrogen-bond acceptors (Lipinski definition) is 5. The highest BCUT2D eigenvalue weighted by Gasteiger charge is 2.24. The second-order valence-electron chi connectivity index (χ2n) is 8.23. The molecule has 0 radical (unpaired) electrons. The van der Waals surface area contributed by atoms with E-state index in [9.17, 15) is 4.79 Å². The lowest BCUT2D eigenvalue weighted by Crippen LogP contribution is -2.54. The topological polar surface area (TPSA) is 73.3 Å². The van der Waals surface area contributed by atoms with Crippen LogP contribution in [-0.2, 0) is 11.3 Å². The Kier molecular flexibility index (Phi) is 12.1. The second kappa shape index (κ2) is 14.5. The molecule has 1 aromatic heterocycles. The molecule has 2 fully saturated rings. The average molecular weight is 559 g/mol. The molecule has 3 rings (SSSR count). The van der Waals surface area contributed by atoms with Crippen LogP contribution < -0.4 is 10.1 Å². The van der Waals surface area contributed by atoms with Gasteiger partial charge in [-0.15, -0.1) is 24.0 Å². The first-order valence-corrected chi connectivity index (χ1v) is 11.8. The first kappa shape index (κ1) is 26.6. The molecule has 8 nitrogen and oxygen atoms in total. The molecule has 1 aromatic rings. The molecule has 0 aromatic carbocycles. The van der Waals surface area contributed by atoms with Crippen molar-refractivity contribution in [2.75, 3.05) is 59.0 Å². The fourth-order valence-corrected chi connectivity index (χ4v) is 3.94. The van der Waals surface area contributed by atoms with Crippen molar-refractivity contribution in [3.05, 3.63) is 23.9 Å². The van der Waals surface area contributed by atoms with Gasteiger partial charge in [-0.3, -0.25) is 9.69 Å². The normalized spacial score (nSPS) is 17.6. The Morgan fingerprint density at radius 1 is 1.06 bits per heavy atom. The van der Waals surface area contributed by atoms with Gasteiger partial charge in [-0.1, -0.05) is 13.0 Å². The predicted molar refractivity (Wildman–Crippen MR) is 139 cm³/mol. The number of aromatic nitrogens is 1. The summed E-state index contributed by atoms with van der Waals surface area (Å²) < 4.78 is 5.55. The van der Waals surface area contributed by atoms with E-state index in [4.69, 9.17) is 9.73 Å². The number of rotatable bonds is 8. The van der Waals surface area contributed by atoms with Crippen molar-refractivity contribution >= 4 is 35.8 Å². The van der Waals surface area contributed by atoms with Gasteiger partial charge in [-0.05, 0) is 38.2 Å². The van der Waals surface area contributed by atoms with Crippen LogP contribution in [0.25, 0.3) is 0 Å². The molecule has 1 amide bonds. The molecule has 1 N–H and O–H groups in total. The van der Waals surface area contributed by atoms with E-state index >= 15 is 0 Å². The quantitative estimate of drug-likeness (QED) is 0.301. The van der Waals surface area contributed by atoms with Crippen molar-refractivity contribution < 1.29 is 9.53 Å². The Balaban J connectivity index is 0.00000363. The number of aliphatic imine (C=N–C) groups is 1. The molecular weight excluding hydrogens is 519 g/mol. The minimum absolute atomic E-state index is 0. The molecule has 0 aliphatic carbocycles. The SMILES string of the molecule is CCCOc1ccc(CN=C(NCC)N2CCN(CC(=O)N3CCCCC3)CC2)cn1.I. The molecule has 2 saturated heterocycles. The third kappa shape index (κ3) is 8.38. The standard InChI is InChI=1S/C23H38N6O2.HI/c1-3-16-31-21-9-8-20(17-25-21)18-26-23(24-4-2)29-14-12-27(13-15-29)19-22(30)28-10-6-5-7-11-28;/h8-9,17H,3-7,10-16,18-19H2,1-2H3,(H,24,26);1H. The van der Waals surface area contributed by atoms with Crippen molar-refractivity contribution in [1.29, 1.82) is 0 Å². The van der Waals surface area contributed by atoms with E-state index in [0.29, 0.717) is 25.6 Å². The molecule has 2 aliphatic rings. The van der Waals surface area contributed by atoms with E-state index in [1.165, 1.54) is 6.42 Å². The van der Waals surface area contributed by atoms with Crippen LogP contribution in [-0.4, -0.2) is 90.5 Å². The summed E-state index contributed by atoms with van der Waals surface area (Å²) in [7, 11) is 0. The van der Waals surface area contributed by atoms with Crippen LogP contribution in [0.1, 0.15) is 45.1 Å². The maximum Gasteiger partial charge on any atom is 0.236 e. The Bertz CT molecular complexity index is 701. The first-order valence-electron chi connectivity index (χ1n) is 11.8. The number of carbonyl (C=O) groups excluding carboxylic acids is 1. The van der Waals surface area contributed by atoms with Gasteiger partial charge in [0.05, 0.1) is 19.7 Å². The molecule has 9 heteroatoms. The Morgan fingerprint density at radius 3 is 2.44 bits per heavy atom. The summed E-state index contributed by atoms with van der Waals surface area (Å²) >= 11 is 0. The Hall–Kier alpha value is -1.62. The number of hydrogen-bond donors (Lipinski definition) is 1. The van der Waals surface area contributed by atoms with Gasteiger partial charge >= 0.3 is 0 Å². The minimum atomic E-state index is 0. The molecular formula is C23H39IN6O2. The van der Waals surface area contributed by atoms with Gasteiger partial charge in [0.2, 0.25) is 11.8 Å². The van der Waals surface area contributed by atoms with Gasteiger partial charge in [0.15, 0.2) is 5.96 Å². The number of ether oxygens (including phenoxy) is 1. The zero-order valence-electron chi connectivity index (χ0n) is 19.6. The van der Waals surface area contributed by atoms with E-state index in [2.05, 4.69) is 33.9 Å². The van der Waals surface area contributed by atoms with Crippen molar-refractivity contribution in [2.24, 2.45) is 4.99 Å². The van der Waals surface area contributed by atoms with Gasteiger partial charge in [0, 0.05) is 58.1 Å². The number of likely N-dealkylation sites (tertiary alicyclic amines) is 1. The third-order valence-corrected chi connectivity index (χ3v) is 5.74. The Labute approximate surface area is 209 Å². The van der Waals surface area contributed by atoms with E-state index in [-0.39, 0.29) is 29.9 Å². The average Bonchev–Trinajstić information content (AvgIpc) is 2.82. The summed E-state index contributed by atoms with van der Waals surface area (Å²) in [6.45, 7) is 12.2. The van der Waals surface area contributed by atoms with Gasteiger partial charge in [0.1, 0.15) is 0 Å². The molecule has 32 heavy (non-hydrogen) atoms. The maximum atomic E-state index is 12.5. The maximum absolute atomic E-state index is 12.5. The number of piperazine rings is 1. The third-order valence-electron chi connectivity index (χ3n) is 5.74. The lowest BCUT2D eigenvalue weighted by Gasteiger charge is -2.37. The van der Waals surface area contributed by atoms with Crippen LogP contribution >= 0.6 is 24.0 Å². The molecule has 0 atom stereocenters. The second-order valence-corrected chi connectivity index (χ2v) is 8.23. The van der Waals surface area contributed by atoms with Gasteiger partial charge < -0.3 is 19.9 Å². The van der Waals surface area contributed by atoms with E-state index in [1.54, 1.807) is 0 Å². The van der Waals surface area contributed by atoms with Crippen molar-refractivity contribution in [2.45, 2.75) is 46.1 Å². The number of amides is 1. The minimum Gasteiger partial charge on any atom is -0.478 e. The summed E-state index contributed by atoms with van der Waals surface area (Å²) in [6, 6.07) is 3.93. The largest absolute Gasteiger partial charge is 0.478 e. The molecule has 0 spiro atoms. The highest BCUT2D eigenvalue weighted by atomic mass is 127. The fraction of sp³-hybridized carbons (Fsp3) is 0.696. The number of carbonyl (C=O) groups is 1. The molecule has 0 bridgehead atoms. The van der Waals surface area contributed by atoms with Gasteiger partial charge in [-0.2, -0.15) is 0 Å². The number of pyridine rings is 1. The number of halogens is 1. The van der Waals surface area contributed by atoms with Crippen LogP contribution in [0.5, 0.6) is 5.88 Å². The molecule has 3 heterocycles. The monoisotopic (exact) mass is 558 g/mol. The lowest BCUT2D eigenvalue weighted by atomic mass is 10.1. The summed E-state index contributed by atoms with van der Waals surface area (Å²) in [4.78, 5) is 28.3. The number of guanidine groups is 1. The summed E-state index contributed by atoms with van der Waals surface area (Å²) in [5.74, 6) is 1.88. The molecule has 0 unspecified atom stereocenters. The first-order chi connectivity index (χ1) is 15.2. The fourth-order valence-electron chi connectivity index (χ4n) is 3.94. The highest BCUT2D eigenvalue weighted by molar-refractivity contribution is 14.0. The number of piperidine rings is 1. The number of nitrogens with one attached hydrogen (secondary N) is 1. The van der Waals surface area contributed by atoms with Crippen LogP contribution in [0.4, 0.5) is 0 Å². The summed E-state index contributed by atoms with van der Waals surface area (Å²) in [6.07, 6.45) is 6.35. The smallest absolute Gasteiger partial charge is 0.236 e. The van der Waals surface area contributed by atoms with Crippen LogP contribution in [0.3, 0.4) is 0 Å². The van der Waals surface area contributed by atoms with Gasteiger partial charge in [0.25, 0.3) is 0 Å². The van der Waals surface area contributed by atoms with Crippen LogP contribution in [0, 0.1) is 0 Å². The van der Waals surface area contributed by atoms with Crippen molar-refractivity contribution in [3.63, 3.8) is 0 Å². The zero-order valence-corrected chi connectivity index (χ0v) is 21.9. The Morgan fingerprint density at radius 2 is 1.81 bits per heavy atom. The van der Waals surface area contributed by atoms with E-state index in [1.807, 2.05) is 23.2 Å². The highest BCUT2D eigenvalue weighted by Crippen LogP contribution is 2.11. The van der Waals surface area contributed by atoms with E-state index < -0.39 is 0 Å². The van der Waals surface area contributed by atoms with Crippen molar-refractivity contribution in [1.82, 2.24) is 25.0 Å². The zero-order chi connectivity index (χ0) is 21.9. The molecule has 180 valence electrons. The summed E-state index contributed by atoms with van der Waals surface area (Å²) in [5, 5.41) is 3.41. The van der Waals surface area contributed by atoms with Crippen molar-refractivity contribution in [3.8, 4) is 5.88 Å². The predicted octanol–water partition coefficient (Wildman–Crippen LogP) is 2.58. The van der Waals surface area contributed by atoms with Crippen LogP contribution in [0.2, 0.25) is 0 Å². The van der Waals surface area contributed by atoms with Crippen LogP contribution in [0.15, 0.2) is 23.3 Å².